The largest absolute Gasteiger partial charge is 0.379 e. The first-order chi connectivity index (χ1) is 12.4. The minimum absolute atomic E-state index is 0.134. The molecule has 1 aromatic carbocycles. The zero-order chi connectivity index (χ0) is 18.7. The lowest BCUT2D eigenvalue weighted by atomic mass is 10.1. The number of morpholine rings is 1. The van der Waals surface area contributed by atoms with Gasteiger partial charge in [0.25, 0.3) is 5.91 Å². The molecule has 140 valence electrons. The molecule has 0 atom stereocenters. The summed E-state index contributed by atoms with van der Waals surface area (Å²) >= 11 is 0. The van der Waals surface area contributed by atoms with Crippen molar-refractivity contribution in [2.24, 2.45) is 0 Å². The molecule has 0 spiro atoms. The van der Waals surface area contributed by atoms with Crippen LogP contribution in [0.4, 0.5) is 5.69 Å². The number of ether oxygens (including phenoxy) is 1. The van der Waals surface area contributed by atoms with Gasteiger partial charge >= 0.3 is 0 Å². The molecule has 1 saturated heterocycles. The van der Waals surface area contributed by atoms with Gasteiger partial charge in [-0.05, 0) is 31.5 Å². The molecular weight excluding hydrogens is 358 g/mol. The summed E-state index contributed by atoms with van der Waals surface area (Å²) in [6.07, 6.45) is 0.561. The van der Waals surface area contributed by atoms with Crippen LogP contribution in [0.25, 0.3) is 0 Å². The van der Waals surface area contributed by atoms with E-state index in [1.54, 1.807) is 19.1 Å². The van der Waals surface area contributed by atoms with Gasteiger partial charge in [0.2, 0.25) is 10.0 Å². The number of aryl methyl sites for hydroxylation is 2. The van der Waals surface area contributed by atoms with Crippen molar-refractivity contribution in [3.05, 3.63) is 41.3 Å². The van der Waals surface area contributed by atoms with Crippen LogP contribution in [0, 0.1) is 6.92 Å². The van der Waals surface area contributed by atoms with Crippen LogP contribution in [-0.4, -0.2) is 50.1 Å². The SMILES string of the molecule is CCc1noc(C)c1C(=O)Nc1cccc(S(=O)(=O)N2CCOCC2)c1. The number of aromatic nitrogens is 1. The molecule has 2 heterocycles. The molecule has 0 unspecified atom stereocenters. The molecule has 1 aliphatic rings. The molecule has 0 aliphatic carbocycles. The van der Waals surface area contributed by atoms with E-state index in [2.05, 4.69) is 10.5 Å². The second kappa shape index (κ2) is 7.56. The van der Waals surface area contributed by atoms with Gasteiger partial charge in [-0.2, -0.15) is 4.31 Å². The molecule has 1 aliphatic heterocycles. The Morgan fingerprint density at radius 2 is 2.04 bits per heavy atom. The molecular formula is C17H21N3O5S. The summed E-state index contributed by atoms with van der Waals surface area (Å²) in [5.74, 6) is 0.0537. The lowest BCUT2D eigenvalue weighted by molar-refractivity contribution is 0.0730. The second-order valence-corrected chi connectivity index (χ2v) is 7.85. The summed E-state index contributed by atoms with van der Waals surface area (Å²) in [5.41, 5.74) is 1.35. The van der Waals surface area contributed by atoms with E-state index in [1.165, 1.54) is 16.4 Å². The Morgan fingerprint density at radius 3 is 2.73 bits per heavy atom. The fraction of sp³-hybridized carbons (Fsp3) is 0.412. The zero-order valence-electron chi connectivity index (χ0n) is 14.7. The Bertz CT molecular complexity index is 901. The number of benzene rings is 1. The normalized spacial score (nSPS) is 15.8. The van der Waals surface area contributed by atoms with Crippen molar-refractivity contribution in [2.45, 2.75) is 25.2 Å². The Kier molecular flexibility index (Phi) is 5.40. The Balaban J connectivity index is 1.83. The fourth-order valence-electron chi connectivity index (χ4n) is 2.81. The van der Waals surface area contributed by atoms with E-state index < -0.39 is 10.0 Å². The highest BCUT2D eigenvalue weighted by Gasteiger charge is 2.27. The first kappa shape index (κ1) is 18.6. The molecule has 1 fully saturated rings. The maximum absolute atomic E-state index is 12.7. The van der Waals surface area contributed by atoms with E-state index in [0.717, 1.165) is 0 Å². The van der Waals surface area contributed by atoms with Crippen molar-refractivity contribution in [3.8, 4) is 0 Å². The molecule has 1 amide bonds. The minimum Gasteiger partial charge on any atom is -0.379 e. The van der Waals surface area contributed by atoms with E-state index in [1.807, 2.05) is 6.92 Å². The number of amides is 1. The fourth-order valence-corrected chi connectivity index (χ4v) is 4.27. The van der Waals surface area contributed by atoms with Gasteiger partial charge in [0, 0.05) is 18.8 Å². The van der Waals surface area contributed by atoms with Crippen molar-refractivity contribution in [1.29, 1.82) is 0 Å². The number of hydrogen-bond acceptors (Lipinski definition) is 6. The molecule has 0 saturated carbocycles. The van der Waals surface area contributed by atoms with E-state index in [4.69, 9.17) is 9.26 Å². The molecule has 3 rings (SSSR count). The van der Waals surface area contributed by atoms with E-state index in [0.29, 0.717) is 55.4 Å². The third kappa shape index (κ3) is 3.64. The van der Waals surface area contributed by atoms with Crippen LogP contribution in [0.3, 0.4) is 0 Å². The standard InChI is InChI=1S/C17H21N3O5S/c1-3-15-16(12(2)25-19-15)17(21)18-13-5-4-6-14(11-13)26(22,23)20-7-9-24-10-8-20/h4-6,11H,3,7-10H2,1-2H3,(H,18,21). The van der Waals surface area contributed by atoms with Crippen molar-refractivity contribution in [2.75, 3.05) is 31.6 Å². The molecule has 0 bridgehead atoms. The number of rotatable bonds is 5. The van der Waals surface area contributed by atoms with E-state index >= 15 is 0 Å². The van der Waals surface area contributed by atoms with Gasteiger partial charge < -0.3 is 14.6 Å². The van der Waals surface area contributed by atoms with Gasteiger partial charge in [-0.15, -0.1) is 0 Å². The third-order valence-corrected chi connectivity index (χ3v) is 6.09. The Hall–Kier alpha value is -2.23. The summed E-state index contributed by atoms with van der Waals surface area (Å²) in [7, 11) is -3.62. The van der Waals surface area contributed by atoms with E-state index in [9.17, 15) is 13.2 Å². The topological polar surface area (TPSA) is 102 Å². The van der Waals surface area contributed by atoms with Crippen LogP contribution in [0.2, 0.25) is 0 Å². The molecule has 9 heteroatoms. The van der Waals surface area contributed by atoms with Crippen molar-refractivity contribution < 1.29 is 22.5 Å². The predicted octanol–water partition coefficient (Wildman–Crippen LogP) is 1.82. The van der Waals surface area contributed by atoms with Gasteiger partial charge in [-0.1, -0.05) is 18.1 Å². The van der Waals surface area contributed by atoms with Crippen LogP contribution in [0.1, 0.15) is 28.7 Å². The third-order valence-electron chi connectivity index (χ3n) is 4.20. The van der Waals surface area contributed by atoms with Crippen molar-refractivity contribution in [3.63, 3.8) is 0 Å². The first-order valence-corrected chi connectivity index (χ1v) is 9.82. The summed E-state index contributed by atoms with van der Waals surface area (Å²) in [5, 5.41) is 6.59. The van der Waals surface area contributed by atoms with Gasteiger partial charge in [0.05, 0.1) is 23.8 Å². The van der Waals surface area contributed by atoms with Gasteiger partial charge in [-0.3, -0.25) is 4.79 Å². The number of nitrogens with one attached hydrogen (secondary N) is 1. The van der Waals surface area contributed by atoms with Crippen LogP contribution in [0.15, 0.2) is 33.7 Å². The number of carbonyl (C=O) groups excluding carboxylic acids is 1. The Morgan fingerprint density at radius 1 is 1.31 bits per heavy atom. The number of carbonyl (C=O) groups is 1. The highest BCUT2D eigenvalue weighted by molar-refractivity contribution is 7.89. The van der Waals surface area contributed by atoms with Crippen LogP contribution >= 0.6 is 0 Å². The van der Waals surface area contributed by atoms with Gasteiger partial charge in [0.1, 0.15) is 11.3 Å². The minimum atomic E-state index is -3.62. The quantitative estimate of drug-likeness (QED) is 0.850. The molecule has 8 nitrogen and oxygen atoms in total. The van der Waals surface area contributed by atoms with Crippen molar-refractivity contribution >= 4 is 21.6 Å². The van der Waals surface area contributed by atoms with Crippen LogP contribution in [-0.2, 0) is 21.2 Å². The summed E-state index contributed by atoms with van der Waals surface area (Å²) in [4.78, 5) is 12.7. The first-order valence-electron chi connectivity index (χ1n) is 8.38. The molecule has 0 radical (unpaired) electrons. The second-order valence-electron chi connectivity index (χ2n) is 5.91. The van der Waals surface area contributed by atoms with Crippen molar-refractivity contribution in [1.82, 2.24) is 9.46 Å². The maximum Gasteiger partial charge on any atom is 0.261 e. The monoisotopic (exact) mass is 379 g/mol. The molecule has 1 aromatic heterocycles. The lowest BCUT2D eigenvalue weighted by Gasteiger charge is -2.26. The smallest absolute Gasteiger partial charge is 0.261 e. The number of anilines is 1. The number of nitrogens with zero attached hydrogens (tertiary/aromatic N) is 2. The molecule has 26 heavy (non-hydrogen) atoms. The predicted molar refractivity (Wildman–Crippen MR) is 94.6 cm³/mol. The molecule has 2 aromatic rings. The average Bonchev–Trinajstić information content (AvgIpc) is 3.03. The lowest BCUT2D eigenvalue weighted by Crippen LogP contribution is -2.40. The van der Waals surface area contributed by atoms with Gasteiger partial charge in [-0.25, -0.2) is 8.42 Å². The van der Waals surface area contributed by atoms with Crippen LogP contribution in [0.5, 0.6) is 0 Å². The number of hydrogen-bond donors (Lipinski definition) is 1. The highest BCUT2D eigenvalue weighted by Crippen LogP contribution is 2.22. The molecule has 1 N–H and O–H groups in total. The average molecular weight is 379 g/mol. The summed E-state index contributed by atoms with van der Waals surface area (Å²) in [6.45, 7) is 4.94. The van der Waals surface area contributed by atoms with Gasteiger partial charge in [0.15, 0.2) is 0 Å². The van der Waals surface area contributed by atoms with E-state index in [-0.39, 0.29) is 10.8 Å². The summed E-state index contributed by atoms with van der Waals surface area (Å²) in [6, 6.07) is 6.22. The Labute approximate surface area is 152 Å². The highest BCUT2D eigenvalue weighted by atomic mass is 32.2. The summed E-state index contributed by atoms with van der Waals surface area (Å²) < 4.78 is 37.1. The maximum atomic E-state index is 12.7. The zero-order valence-corrected chi connectivity index (χ0v) is 15.5. The van der Waals surface area contributed by atoms with Crippen LogP contribution < -0.4 is 5.32 Å². The number of sulfonamides is 1.